The van der Waals surface area contributed by atoms with Crippen molar-refractivity contribution in [1.82, 2.24) is 5.16 Å². The molecule has 0 unspecified atom stereocenters. The Morgan fingerprint density at radius 1 is 1.37 bits per heavy atom. The molecule has 0 atom stereocenters. The zero-order valence-electron chi connectivity index (χ0n) is 9.71. The molecule has 98 valence electrons. The topological polar surface area (TPSA) is 89.6 Å². The first-order chi connectivity index (χ1) is 9.02. The Morgan fingerprint density at radius 3 is 2.63 bits per heavy atom. The number of methoxy groups -OCH3 is 1. The van der Waals surface area contributed by atoms with Gasteiger partial charge in [0.25, 0.3) is 0 Å². The number of aromatic nitrogens is 1. The molecule has 0 fully saturated rings. The van der Waals surface area contributed by atoms with Gasteiger partial charge < -0.3 is 14.4 Å². The van der Waals surface area contributed by atoms with Gasteiger partial charge in [0.05, 0.1) is 12.7 Å². The second kappa shape index (κ2) is 4.89. The highest BCUT2D eigenvalue weighted by Gasteiger charge is 2.16. The number of rotatable bonds is 3. The number of carboxylic acids is 1. The van der Waals surface area contributed by atoms with E-state index in [2.05, 4.69) is 14.4 Å². The van der Waals surface area contributed by atoms with Crippen molar-refractivity contribution in [3.8, 4) is 11.3 Å². The maximum Gasteiger partial charge on any atom is 0.374 e. The molecule has 0 aliphatic rings. The predicted octanol–water partition coefficient (Wildman–Crippen LogP) is 1.97. The fourth-order valence-corrected chi connectivity index (χ4v) is 1.47. The lowest BCUT2D eigenvalue weighted by Crippen LogP contribution is -2.02. The lowest BCUT2D eigenvalue weighted by Gasteiger charge is -2.02. The van der Waals surface area contributed by atoms with Crippen LogP contribution in [0.3, 0.4) is 0 Å². The Bertz CT molecular complexity index is 649. The Morgan fingerprint density at radius 2 is 2.11 bits per heavy atom. The van der Waals surface area contributed by atoms with Crippen LogP contribution < -0.4 is 0 Å². The molecular weight excluding hydrogens is 257 g/mol. The molecule has 1 aromatic heterocycles. The van der Waals surface area contributed by atoms with Crippen LogP contribution in [0.25, 0.3) is 11.3 Å². The number of aromatic carboxylic acids is 1. The van der Waals surface area contributed by atoms with E-state index in [1.165, 1.54) is 19.2 Å². The van der Waals surface area contributed by atoms with Gasteiger partial charge >= 0.3 is 11.9 Å². The van der Waals surface area contributed by atoms with E-state index in [1.807, 2.05) is 0 Å². The summed E-state index contributed by atoms with van der Waals surface area (Å²) in [6, 6.07) is 4.72. The van der Waals surface area contributed by atoms with Crippen molar-refractivity contribution in [2.24, 2.45) is 0 Å². The molecule has 0 bridgehead atoms. The van der Waals surface area contributed by atoms with Crippen LogP contribution in [-0.4, -0.2) is 29.3 Å². The van der Waals surface area contributed by atoms with Gasteiger partial charge in [-0.3, -0.25) is 0 Å². The molecule has 0 aliphatic heterocycles. The van der Waals surface area contributed by atoms with E-state index in [4.69, 9.17) is 5.11 Å². The third-order valence-corrected chi connectivity index (χ3v) is 2.39. The third kappa shape index (κ3) is 2.44. The number of halogens is 1. The van der Waals surface area contributed by atoms with Gasteiger partial charge in [-0.25, -0.2) is 14.0 Å². The Labute approximate surface area is 106 Å². The molecule has 1 heterocycles. The minimum absolute atomic E-state index is 0.0314. The summed E-state index contributed by atoms with van der Waals surface area (Å²) in [6.07, 6.45) is 0. The molecule has 0 amide bonds. The molecule has 0 radical (unpaired) electrons. The number of hydrogen-bond acceptors (Lipinski definition) is 5. The van der Waals surface area contributed by atoms with Crippen LogP contribution in [0.5, 0.6) is 0 Å². The highest BCUT2D eigenvalue weighted by atomic mass is 19.1. The molecule has 0 saturated carbocycles. The van der Waals surface area contributed by atoms with Crippen LogP contribution in [0, 0.1) is 5.82 Å². The average molecular weight is 265 g/mol. The first-order valence-electron chi connectivity index (χ1n) is 5.11. The minimum Gasteiger partial charge on any atom is -0.475 e. The van der Waals surface area contributed by atoms with Gasteiger partial charge in [0.2, 0.25) is 5.76 Å². The van der Waals surface area contributed by atoms with E-state index in [-0.39, 0.29) is 16.8 Å². The van der Waals surface area contributed by atoms with E-state index in [0.29, 0.717) is 0 Å². The van der Waals surface area contributed by atoms with Crippen LogP contribution in [0.4, 0.5) is 4.39 Å². The van der Waals surface area contributed by atoms with Crippen molar-refractivity contribution in [2.75, 3.05) is 7.11 Å². The number of esters is 1. The van der Waals surface area contributed by atoms with Crippen LogP contribution in [-0.2, 0) is 4.74 Å². The van der Waals surface area contributed by atoms with Gasteiger partial charge in [-0.1, -0.05) is 5.16 Å². The molecule has 1 aromatic carbocycles. The summed E-state index contributed by atoms with van der Waals surface area (Å²) in [7, 11) is 1.19. The summed E-state index contributed by atoms with van der Waals surface area (Å²) in [6.45, 7) is 0. The molecular formula is C12H8FNO5. The van der Waals surface area contributed by atoms with Crippen molar-refractivity contribution in [3.63, 3.8) is 0 Å². The van der Waals surface area contributed by atoms with Gasteiger partial charge in [0, 0.05) is 11.6 Å². The minimum atomic E-state index is -1.30. The number of nitrogens with zero attached hydrogens (tertiary/aromatic N) is 1. The monoisotopic (exact) mass is 265 g/mol. The summed E-state index contributed by atoms with van der Waals surface area (Å²) in [5.74, 6) is -3.10. The van der Waals surface area contributed by atoms with Crippen LogP contribution in [0.1, 0.15) is 20.9 Å². The van der Waals surface area contributed by atoms with Crippen LogP contribution >= 0.6 is 0 Å². The number of ether oxygens (including phenoxy) is 1. The molecule has 1 N–H and O–H groups in total. The summed E-state index contributed by atoms with van der Waals surface area (Å²) in [5.41, 5.74) is 0.112. The zero-order valence-corrected chi connectivity index (χ0v) is 9.71. The van der Waals surface area contributed by atoms with Crippen molar-refractivity contribution >= 4 is 11.9 Å². The Kier molecular flexibility index (Phi) is 3.28. The van der Waals surface area contributed by atoms with Gasteiger partial charge in [-0.2, -0.15) is 0 Å². The second-order valence-electron chi connectivity index (χ2n) is 3.57. The van der Waals surface area contributed by atoms with Crippen molar-refractivity contribution in [1.29, 1.82) is 0 Å². The third-order valence-electron chi connectivity index (χ3n) is 2.39. The molecule has 2 rings (SSSR count). The molecule has 0 spiro atoms. The second-order valence-corrected chi connectivity index (χ2v) is 3.57. The lowest BCUT2D eigenvalue weighted by atomic mass is 10.1. The zero-order chi connectivity index (χ0) is 14.0. The van der Waals surface area contributed by atoms with E-state index in [0.717, 1.165) is 12.1 Å². The standard InChI is InChI=1S/C12H8FNO5/c1-18-12(17)6-2-3-7(8(13)4-6)9-5-10(11(15)16)19-14-9/h2-5H,1H3,(H,15,16). The predicted molar refractivity (Wildman–Crippen MR) is 60.2 cm³/mol. The first-order valence-corrected chi connectivity index (χ1v) is 5.11. The first kappa shape index (κ1) is 12.7. The molecule has 0 aliphatic carbocycles. The fraction of sp³-hybridized carbons (Fsp3) is 0.0833. The van der Waals surface area contributed by atoms with Gasteiger partial charge in [-0.15, -0.1) is 0 Å². The largest absolute Gasteiger partial charge is 0.475 e. The normalized spacial score (nSPS) is 10.2. The molecule has 7 heteroatoms. The van der Waals surface area contributed by atoms with Gasteiger partial charge in [0.1, 0.15) is 11.5 Å². The Balaban J connectivity index is 2.40. The summed E-state index contributed by atoms with van der Waals surface area (Å²) < 4.78 is 22.8. The Hall–Kier alpha value is -2.70. The van der Waals surface area contributed by atoms with Crippen molar-refractivity contribution in [3.05, 3.63) is 41.4 Å². The van der Waals surface area contributed by atoms with Crippen LogP contribution in [0.15, 0.2) is 28.8 Å². The number of benzene rings is 1. The van der Waals surface area contributed by atoms with Gasteiger partial charge in [0.15, 0.2) is 0 Å². The molecule has 2 aromatic rings. The number of carboxylic acid groups (broad SMARTS) is 1. The highest BCUT2D eigenvalue weighted by Crippen LogP contribution is 2.23. The maximum atomic E-state index is 13.8. The number of hydrogen-bond donors (Lipinski definition) is 1. The van der Waals surface area contributed by atoms with E-state index in [9.17, 15) is 14.0 Å². The summed E-state index contributed by atoms with van der Waals surface area (Å²) >= 11 is 0. The maximum absolute atomic E-state index is 13.8. The quantitative estimate of drug-likeness (QED) is 0.853. The van der Waals surface area contributed by atoms with Crippen molar-refractivity contribution < 1.29 is 28.3 Å². The van der Waals surface area contributed by atoms with Gasteiger partial charge in [-0.05, 0) is 18.2 Å². The number of carbonyl (C=O) groups is 2. The van der Waals surface area contributed by atoms with E-state index >= 15 is 0 Å². The smallest absolute Gasteiger partial charge is 0.374 e. The van der Waals surface area contributed by atoms with E-state index < -0.39 is 23.5 Å². The fourth-order valence-electron chi connectivity index (χ4n) is 1.47. The highest BCUT2D eigenvalue weighted by molar-refractivity contribution is 5.90. The molecule has 6 nitrogen and oxygen atoms in total. The number of carbonyl (C=O) groups excluding carboxylic acids is 1. The molecule has 0 saturated heterocycles. The lowest BCUT2D eigenvalue weighted by molar-refractivity contribution is 0.0598. The van der Waals surface area contributed by atoms with E-state index in [1.54, 1.807) is 0 Å². The molecule has 19 heavy (non-hydrogen) atoms. The average Bonchev–Trinajstić information content (AvgIpc) is 2.87. The van der Waals surface area contributed by atoms with Crippen LogP contribution in [0.2, 0.25) is 0 Å². The van der Waals surface area contributed by atoms with Crippen molar-refractivity contribution in [2.45, 2.75) is 0 Å². The summed E-state index contributed by atoms with van der Waals surface area (Å²) in [5, 5.41) is 12.1. The summed E-state index contributed by atoms with van der Waals surface area (Å²) in [4.78, 5) is 21.8. The SMILES string of the molecule is COC(=O)c1ccc(-c2cc(C(=O)O)on2)c(F)c1.